The zero-order chi connectivity index (χ0) is 24.7. The Kier molecular flexibility index (Phi) is 8.86. The topological polar surface area (TPSA) is 120 Å². The molecular weight excluding hydrogens is 438 g/mol. The second-order valence-electron chi connectivity index (χ2n) is 8.79. The van der Waals surface area contributed by atoms with E-state index in [-0.39, 0.29) is 37.1 Å². The number of carbonyl (C=O) groups is 4. The third-order valence-electron chi connectivity index (χ3n) is 6.37. The molecule has 10 nitrogen and oxygen atoms in total. The van der Waals surface area contributed by atoms with E-state index in [1.54, 1.807) is 38.2 Å². The van der Waals surface area contributed by atoms with Crippen molar-refractivity contribution >= 4 is 23.6 Å². The minimum atomic E-state index is -1.10. The van der Waals surface area contributed by atoms with E-state index >= 15 is 0 Å². The third kappa shape index (κ3) is 6.47. The fourth-order valence-electron chi connectivity index (χ4n) is 4.39. The van der Waals surface area contributed by atoms with E-state index in [0.29, 0.717) is 12.3 Å². The maximum absolute atomic E-state index is 13.1. The van der Waals surface area contributed by atoms with Gasteiger partial charge in [0.2, 0.25) is 17.7 Å². The highest BCUT2D eigenvalue weighted by atomic mass is 16.5. The van der Waals surface area contributed by atoms with Gasteiger partial charge in [-0.05, 0) is 45.0 Å². The lowest BCUT2D eigenvalue weighted by Crippen LogP contribution is -2.53. The van der Waals surface area contributed by atoms with Crippen LogP contribution in [0, 0.1) is 0 Å². The summed E-state index contributed by atoms with van der Waals surface area (Å²) in [6.45, 7) is 6.48. The minimum Gasteiger partial charge on any atom is -0.491 e. The molecule has 0 bridgehead atoms. The van der Waals surface area contributed by atoms with Gasteiger partial charge in [0.05, 0.1) is 18.5 Å². The fourth-order valence-corrected chi connectivity index (χ4v) is 4.39. The predicted octanol–water partition coefficient (Wildman–Crippen LogP) is 0.131. The molecule has 3 N–H and O–H groups in total. The summed E-state index contributed by atoms with van der Waals surface area (Å²) in [6, 6.07) is 5.06. The molecule has 4 amide bonds. The number of ether oxygens (including phenoxy) is 1. The number of carbonyl (C=O) groups excluding carboxylic acids is 4. The van der Waals surface area contributed by atoms with E-state index in [2.05, 4.69) is 27.8 Å². The number of amides is 4. The lowest BCUT2D eigenvalue weighted by molar-refractivity contribution is -0.135. The molecule has 2 aliphatic rings. The summed E-state index contributed by atoms with van der Waals surface area (Å²) < 4.78 is 5.76. The van der Waals surface area contributed by atoms with Crippen molar-refractivity contribution in [2.75, 3.05) is 39.8 Å². The van der Waals surface area contributed by atoms with Gasteiger partial charge in [0, 0.05) is 19.6 Å². The van der Waals surface area contributed by atoms with E-state index in [4.69, 9.17) is 4.74 Å². The van der Waals surface area contributed by atoms with Crippen LogP contribution in [0.2, 0.25) is 0 Å². The average molecular weight is 474 g/mol. The van der Waals surface area contributed by atoms with E-state index in [1.165, 1.54) is 4.90 Å². The molecule has 3 atom stereocenters. The maximum atomic E-state index is 13.1. The highest BCUT2D eigenvalue weighted by Crippen LogP contribution is 2.19. The van der Waals surface area contributed by atoms with Gasteiger partial charge in [0.25, 0.3) is 5.91 Å². The highest BCUT2D eigenvalue weighted by molar-refractivity contribution is 6.01. The van der Waals surface area contributed by atoms with Gasteiger partial charge in [-0.25, -0.2) is 0 Å². The molecule has 1 aromatic carbocycles. The molecule has 1 fully saturated rings. The molecule has 0 spiro atoms. The summed E-state index contributed by atoms with van der Waals surface area (Å²) in [4.78, 5) is 55.2. The molecule has 10 heteroatoms. The van der Waals surface area contributed by atoms with Crippen LogP contribution in [0.3, 0.4) is 0 Å². The first-order chi connectivity index (χ1) is 16.3. The van der Waals surface area contributed by atoms with Crippen molar-refractivity contribution < 1.29 is 23.9 Å². The second-order valence-corrected chi connectivity index (χ2v) is 8.79. The summed E-state index contributed by atoms with van der Waals surface area (Å²) >= 11 is 0. The Morgan fingerprint density at radius 2 is 1.94 bits per heavy atom. The number of hydrogen-bond donors (Lipinski definition) is 3. The molecule has 0 radical (unpaired) electrons. The van der Waals surface area contributed by atoms with E-state index in [0.717, 1.165) is 25.9 Å². The van der Waals surface area contributed by atoms with Gasteiger partial charge in [-0.1, -0.05) is 19.1 Å². The van der Waals surface area contributed by atoms with Crippen LogP contribution >= 0.6 is 0 Å². The number of likely N-dealkylation sites (tertiary alicyclic amines) is 1. The van der Waals surface area contributed by atoms with Crippen LogP contribution in [-0.4, -0.2) is 91.4 Å². The van der Waals surface area contributed by atoms with Crippen molar-refractivity contribution in [1.29, 1.82) is 0 Å². The lowest BCUT2D eigenvalue weighted by Gasteiger charge is -2.26. The Bertz CT molecular complexity index is 907. The van der Waals surface area contributed by atoms with Crippen LogP contribution < -0.4 is 20.7 Å². The molecular formula is C24H35N5O5. The van der Waals surface area contributed by atoms with Gasteiger partial charge in [0.1, 0.15) is 24.4 Å². The molecule has 1 saturated heterocycles. The van der Waals surface area contributed by atoms with Crippen molar-refractivity contribution in [3.63, 3.8) is 0 Å². The first kappa shape index (κ1) is 25.5. The standard InChI is InChI=1S/C24H35N5O5/c1-4-29-11-7-8-17(29)15-25-23(32)19-14-21(30)26-16(2)24(33)28(3)12-13-34-20-10-6-5-9-18(20)22(31)27-19/h5-6,9-10,16-17,19H,4,7-8,11-15H2,1-3H3,(H,25,32)(H,26,30)(H,27,31)/t16-,17-,19-/m0/s1. The average Bonchev–Trinajstić information content (AvgIpc) is 3.28. The monoisotopic (exact) mass is 473 g/mol. The normalized spacial score (nSPS) is 25.0. The Balaban J connectivity index is 1.79. The van der Waals surface area contributed by atoms with E-state index in [9.17, 15) is 19.2 Å². The molecule has 186 valence electrons. The van der Waals surface area contributed by atoms with Crippen LogP contribution in [0.1, 0.15) is 43.5 Å². The fraction of sp³-hybridized carbons (Fsp3) is 0.583. The molecule has 0 saturated carbocycles. The Hall–Kier alpha value is -3.14. The number of fused-ring (bicyclic) bond motifs is 1. The van der Waals surface area contributed by atoms with Crippen LogP contribution in [0.4, 0.5) is 0 Å². The van der Waals surface area contributed by atoms with Crippen molar-refractivity contribution in [2.45, 2.75) is 51.2 Å². The third-order valence-corrected chi connectivity index (χ3v) is 6.37. The first-order valence-corrected chi connectivity index (χ1v) is 11.9. The number of nitrogens with one attached hydrogen (secondary N) is 3. The molecule has 0 unspecified atom stereocenters. The molecule has 2 heterocycles. The van der Waals surface area contributed by atoms with Gasteiger partial charge in [-0.15, -0.1) is 0 Å². The lowest BCUT2D eigenvalue weighted by atomic mass is 10.1. The molecule has 0 aromatic heterocycles. The van der Waals surface area contributed by atoms with Crippen LogP contribution in [0.15, 0.2) is 24.3 Å². The van der Waals surface area contributed by atoms with Crippen molar-refractivity contribution in [2.24, 2.45) is 0 Å². The molecule has 0 aliphatic carbocycles. The van der Waals surface area contributed by atoms with E-state index in [1.807, 2.05) is 0 Å². The summed E-state index contributed by atoms with van der Waals surface area (Å²) in [5.74, 6) is -1.36. The number of nitrogens with zero attached hydrogens (tertiary/aromatic N) is 2. The van der Waals surface area contributed by atoms with Crippen LogP contribution in [-0.2, 0) is 14.4 Å². The second kappa shape index (κ2) is 11.8. The van der Waals surface area contributed by atoms with Gasteiger partial charge >= 0.3 is 0 Å². The van der Waals surface area contributed by atoms with Crippen LogP contribution in [0.25, 0.3) is 0 Å². The summed E-state index contributed by atoms with van der Waals surface area (Å²) in [6.07, 6.45) is 1.78. The quantitative estimate of drug-likeness (QED) is 0.572. The van der Waals surface area contributed by atoms with Gasteiger partial charge in [-0.3, -0.25) is 24.1 Å². The van der Waals surface area contributed by atoms with Crippen molar-refractivity contribution in [1.82, 2.24) is 25.8 Å². The summed E-state index contributed by atoms with van der Waals surface area (Å²) in [5.41, 5.74) is 0.257. The minimum absolute atomic E-state index is 0.173. The number of rotatable bonds is 4. The molecule has 1 aromatic rings. The first-order valence-electron chi connectivity index (χ1n) is 11.9. The predicted molar refractivity (Wildman–Crippen MR) is 126 cm³/mol. The van der Waals surface area contributed by atoms with Crippen LogP contribution in [0.5, 0.6) is 5.75 Å². The summed E-state index contributed by atoms with van der Waals surface area (Å²) in [5, 5.41) is 8.23. The van der Waals surface area contributed by atoms with Gasteiger partial charge in [-0.2, -0.15) is 0 Å². The maximum Gasteiger partial charge on any atom is 0.255 e. The van der Waals surface area contributed by atoms with E-state index < -0.39 is 29.8 Å². The number of para-hydroxylation sites is 1. The van der Waals surface area contributed by atoms with Gasteiger partial charge < -0.3 is 25.6 Å². The zero-order valence-corrected chi connectivity index (χ0v) is 20.1. The van der Waals surface area contributed by atoms with Crippen molar-refractivity contribution in [3.8, 4) is 5.75 Å². The molecule has 2 aliphatic heterocycles. The zero-order valence-electron chi connectivity index (χ0n) is 20.1. The summed E-state index contributed by atoms with van der Waals surface area (Å²) in [7, 11) is 1.62. The largest absolute Gasteiger partial charge is 0.491 e. The Morgan fingerprint density at radius 1 is 1.18 bits per heavy atom. The highest BCUT2D eigenvalue weighted by Gasteiger charge is 2.30. The number of hydrogen-bond acceptors (Lipinski definition) is 6. The number of benzene rings is 1. The molecule has 34 heavy (non-hydrogen) atoms. The SMILES string of the molecule is CCN1CCC[C@H]1CNC(=O)[C@@H]1CC(=O)N[C@@H](C)C(=O)N(C)CCOc2ccccc2C(=O)N1. The smallest absolute Gasteiger partial charge is 0.255 e. The number of likely N-dealkylation sites (N-methyl/N-ethyl adjacent to an activating group) is 2. The molecule has 3 rings (SSSR count). The Morgan fingerprint density at radius 3 is 2.71 bits per heavy atom. The Labute approximate surface area is 200 Å². The van der Waals surface area contributed by atoms with Gasteiger partial charge in [0.15, 0.2) is 0 Å². The van der Waals surface area contributed by atoms with Crippen molar-refractivity contribution in [3.05, 3.63) is 29.8 Å².